The minimum absolute atomic E-state index is 0.152. The molecule has 0 radical (unpaired) electrons. The number of aliphatic hydroxyl groups is 1. The first-order chi connectivity index (χ1) is 17.9. The molecule has 0 aliphatic rings. The first-order valence-electron chi connectivity index (χ1n) is 11.4. The fourth-order valence-electron chi connectivity index (χ4n) is 3.71. The SMILES string of the molecule is COc1ccc(C)cc1-n1c(SCC(O)=C(C#N)C(=O)NCc2ccccc2)nc2ccccc2c1=O. The second-order valence-electron chi connectivity index (χ2n) is 8.12. The van der Waals surface area contributed by atoms with Crippen molar-refractivity contribution in [3.05, 3.63) is 106 Å². The first-order valence-corrected chi connectivity index (χ1v) is 12.4. The zero-order valence-corrected chi connectivity index (χ0v) is 21.1. The van der Waals surface area contributed by atoms with Crippen LogP contribution in [0.15, 0.2) is 94.1 Å². The van der Waals surface area contributed by atoms with Crippen LogP contribution in [0.2, 0.25) is 0 Å². The second kappa shape index (κ2) is 11.5. The molecular formula is C28H24N4O4S. The minimum Gasteiger partial charge on any atom is -0.510 e. The first kappa shape index (κ1) is 25.5. The quantitative estimate of drug-likeness (QED) is 0.118. The molecule has 0 fully saturated rings. The van der Waals surface area contributed by atoms with Gasteiger partial charge in [0.25, 0.3) is 11.5 Å². The Labute approximate surface area is 217 Å². The standard InChI is InChI=1S/C28H24N4O4S/c1-18-12-13-25(36-2)23(14-18)32-27(35)20-10-6-7-11-22(20)31-28(32)37-17-24(33)21(15-29)26(34)30-16-19-8-4-3-5-9-19/h3-14,33H,16-17H2,1-2H3,(H,30,34). The molecule has 1 heterocycles. The van der Waals surface area contributed by atoms with E-state index in [1.165, 1.54) is 11.7 Å². The largest absolute Gasteiger partial charge is 0.510 e. The Morgan fingerprint density at radius 3 is 2.59 bits per heavy atom. The maximum absolute atomic E-state index is 13.6. The van der Waals surface area contributed by atoms with Crippen molar-refractivity contribution in [1.82, 2.24) is 14.9 Å². The summed E-state index contributed by atoms with van der Waals surface area (Å²) < 4.78 is 6.93. The van der Waals surface area contributed by atoms with Gasteiger partial charge in [0.05, 0.1) is 29.5 Å². The molecule has 3 aromatic carbocycles. The number of hydrogen-bond acceptors (Lipinski definition) is 7. The fraction of sp³-hybridized carbons (Fsp3) is 0.143. The van der Waals surface area contributed by atoms with Gasteiger partial charge in [-0.15, -0.1) is 0 Å². The third kappa shape index (κ3) is 5.66. The van der Waals surface area contributed by atoms with Crippen LogP contribution in [0.1, 0.15) is 11.1 Å². The molecule has 0 saturated carbocycles. The van der Waals surface area contributed by atoms with E-state index in [4.69, 9.17) is 4.74 Å². The van der Waals surface area contributed by atoms with Gasteiger partial charge >= 0.3 is 0 Å². The lowest BCUT2D eigenvalue weighted by Crippen LogP contribution is -2.25. The molecule has 4 rings (SSSR count). The summed E-state index contributed by atoms with van der Waals surface area (Å²) in [5.41, 5.74) is 2.06. The minimum atomic E-state index is -0.686. The van der Waals surface area contributed by atoms with Crippen molar-refractivity contribution < 1.29 is 14.6 Å². The number of nitrogens with one attached hydrogen (secondary N) is 1. The van der Waals surface area contributed by atoms with E-state index >= 15 is 0 Å². The lowest BCUT2D eigenvalue weighted by atomic mass is 10.2. The van der Waals surface area contributed by atoms with Crippen LogP contribution in [-0.2, 0) is 11.3 Å². The zero-order valence-electron chi connectivity index (χ0n) is 20.3. The summed E-state index contributed by atoms with van der Waals surface area (Å²) in [4.78, 5) is 30.8. The maximum atomic E-state index is 13.6. The average Bonchev–Trinajstić information content (AvgIpc) is 2.92. The number of carbonyl (C=O) groups is 1. The number of para-hydroxylation sites is 1. The van der Waals surface area contributed by atoms with Crippen molar-refractivity contribution in [1.29, 1.82) is 5.26 Å². The van der Waals surface area contributed by atoms with Gasteiger partial charge in [0.1, 0.15) is 17.6 Å². The van der Waals surface area contributed by atoms with E-state index in [1.54, 1.807) is 36.4 Å². The van der Waals surface area contributed by atoms with Gasteiger partial charge < -0.3 is 15.2 Å². The highest BCUT2D eigenvalue weighted by atomic mass is 32.2. The predicted molar refractivity (Wildman–Crippen MR) is 143 cm³/mol. The second-order valence-corrected chi connectivity index (χ2v) is 9.06. The van der Waals surface area contributed by atoms with E-state index in [0.717, 1.165) is 22.9 Å². The number of aliphatic hydroxyl groups excluding tert-OH is 1. The maximum Gasteiger partial charge on any atom is 0.266 e. The predicted octanol–water partition coefficient (Wildman–Crippen LogP) is 4.45. The molecule has 0 bridgehead atoms. The smallest absolute Gasteiger partial charge is 0.266 e. The number of aryl methyl sites for hydroxylation is 1. The van der Waals surface area contributed by atoms with Gasteiger partial charge in [-0.25, -0.2) is 4.98 Å². The van der Waals surface area contributed by atoms with Crippen LogP contribution >= 0.6 is 11.8 Å². The molecule has 4 aromatic rings. The van der Waals surface area contributed by atoms with Gasteiger partial charge in [0.15, 0.2) is 10.7 Å². The summed E-state index contributed by atoms with van der Waals surface area (Å²) in [6.45, 7) is 2.11. The summed E-state index contributed by atoms with van der Waals surface area (Å²) in [6.07, 6.45) is 0. The van der Waals surface area contributed by atoms with Crippen molar-refractivity contribution in [3.8, 4) is 17.5 Å². The van der Waals surface area contributed by atoms with E-state index < -0.39 is 17.2 Å². The summed E-state index contributed by atoms with van der Waals surface area (Å²) in [6, 6.07) is 23.4. The van der Waals surface area contributed by atoms with E-state index in [2.05, 4.69) is 10.3 Å². The Balaban J connectivity index is 1.69. The van der Waals surface area contributed by atoms with Gasteiger partial charge in [-0.1, -0.05) is 60.3 Å². The normalized spacial score (nSPS) is 11.5. The van der Waals surface area contributed by atoms with Crippen molar-refractivity contribution in [2.24, 2.45) is 0 Å². The van der Waals surface area contributed by atoms with Crippen LogP contribution in [-0.4, -0.2) is 33.4 Å². The number of benzene rings is 3. The topological polar surface area (TPSA) is 117 Å². The molecule has 0 unspecified atom stereocenters. The Bertz CT molecular complexity index is 1590. The molecule has 186 valence electrons. The lowest BCUT2D eigenvalue weighted by Gasteiger charge is -2.16. The fourth-order valence-corrected chi connectivity index (χ4v) is 4.60. The average molecular weight is 513 g/mol. The Morgan fingerprint density at radius 2 is 1.86 bits per heavy atom. The highest BCUT2D eigenvalue weighted by Gasteiger charge is 2.20. The van der Waals surface area contributed by atoms with E-state index in [0.29, 0.717) is 22.3 Å². The number of aromatic nitrogens is 2. The monoisotopic (exact) mass is 512 g/mol. The third-order valence-electron chi connectivity index (χ3n) is 5.58. The zero-order chi connectivity index (χ0) is 26.4. The molecular weight excluding hydrogens is 488 g/mol. The number of carbonyl (C=O) groups excluding carboxylic acids is 1. The summed E-state index contributed by atoms with van der Waals surface area (Å²) in [5.74, 6) is -0.776. The highest BCUT2D eigenvalue weighted by molar-refractivity contribution is 7.99. The number of fused-ring (bicyclic) bond motifs is 1. The molecule has 1 amide bonds. The van der Waals surface area contributed by atoms with E-state index in [1.807, 2.05) is 49.4 Å². The van der Waals surface area contributed by atoms with Crippen LogP contribution in [0.25, 0.3) is 16.6 Å². The molecule has 0 aliphatic carbocycles. The summed E-state index contributed by atoms with van der Waals surface area (Å²) >= 11 is 1.04. The van der Waals surface area contributed by atoms with Crippen molar-refractivity contribution in [3.63, 3.8) is 0 Å². The third-order valence-corrected chi connectivity index (χ3v) is 6.53. The van der Waals surface area contributed by atoms with Gasteiger partial charge in [-0.05, 0) is 42.3 Å². The van der Waals surface area contributed by atoms with Crippen LogP contribution in [0.3, 0.4) is 0 Å². The van der Waals surface area contributed by atoms with Crippen LogP contribution in [0.5, 0.6) is 5.75 Å². The number of amides is 1. The number of hydrogen-bond donors (Lipinski definition) is 2. The van der Waals surface area contributed by atoms with Gasteiger partial charge in [0.2, 0.25) is 0 Å². The molecule has 0 aliphatic heterocycles. The molecule has 1 aromatic heterocycles. The lowest BCUT2D eigenvalue weighted by molar-refractivity contribution is -0.117. The van der Waals surface area contributed by atoms with E-state index in [-0.39, 0.29) is 23.0 Å². The number of methoxy groups -OCH3 is 1. The molecule has 0 saturated heterocycles. The van der Waals surface area contributed by atoms with E-state index in [9.17, 15) is 20.0 Å². The molecule has 0 spiro atoms. The number of thioether (sulfide) groups is 1. The number of ether oxygens (including phenoxy) is 1. The molecule has 0 atom stereocenters. The highest BCUT2D eigenvalue weighted by Crippen LogP contribution is 2.29. The summed E-state index contributed by atoms with van der Waals surface area (Å²) in [5, 5.41) is 23.6. The van der Waals surface area contributed by atoms with Gasteiger partial charge in [-0.2, -0.15) is 5.26 Å². The Hall–Kier alpha value is -4.55. The van der Waals surface area contributed by atoms with Crippen molar-refractivity contribution in [2.45, 2.75) is 18.6 Å². The number of rotatable bonds is 8. The van der Waals surface area contributed by atoms with Crippen LogP contribution in [0, 0.1) is 18.3 Å². The Kier molecular flexibility index (Phi) is 7.91. The number of nitrogens with zero attached hydrogens (tertiary/aromatic N) is 3. The number of nitriles is 1. The molecule has 2 N–H and O–H groups in total. The van der Waals surface area contributed by atoms with Crippen molar-refractivity contribution >= 4 is 28.6 Å². The Morgan fingerprint density at radius 1 is 1.14 bits per heavy atom. The van der Waals surface area contributed by atoms with Crippen LogP contribution in [0.4, 0.5) is 0 Å². The molecule has 37 heavy (non-hydrogen) atoms. The van der Waals surface area contributed by atoms with Gasteiger partial charge in [0, 0.05) is 6.54 Å². The molecule has 9 heteroatoms. The van der Waals surface area contributed by atoms with Crippen molar-refractivity contribution in [2.75, 3.05) is 12.9 Å². The summed E-state index contributed by atoms with van der Waals surface area (Å²) in [7, 11) is 1.52. The molecule has 8 nitrogen and oxygen atoms in total. The van der Waals surface area contributed by atoms with Crippen LogP contribution < -0.4 is 15.6 Å². The van der Waals surface area contributed by atoms with Gasteiger partial charge in [-0.3, -0.25) is 14.2 Å².